The molecule has 3 atom stereocenters. The maximum Gasteiger partial charge on any atom is 0.134 e. The number of carbonyl (C=O) groups is 2. The van der Waals surface area contributed by atoms with E-state index in [0.29, 0.717) is 0 Å². The van der Waals surface area contributed by atoms with Gasteiger partial charge in [-0.1, -0.05) is 19.1 Å². The van der Waals surface area contributed by atoms with Gasteiger partial charge >= 0.3 is 0 Å². The average Bonchev–Trinajstić information content (AvgIpc) is 2.02. The summed E-state index contributed by atoms with van der Waals surface area (Å²) in [5, 5.41) is 0. The normalized spacial score (nSPS) is 28.6. The number of carbonyl (C=O) groups excluding carboxylic acids is 2. The molecule has 1 radical (unpaired) electrons. The predicted molar refractivity (Wildman–Crippen MR) is 57.7 cm³/mol. The van der Waals surface area contributed by atoms with Crippen LogP contribution in [-0.4, -0.2) is 11.6 Å². The van der Waals surface area contributed by atoms with E-state index in [0.717, 1.165) is 6.42 Å². The summed E-state index contributed by atoms with van der Waals surface area (Å²) in [6.45, 7) is 5.15. The maximum atomic E-state index is 11.3. The summed E-state index contributed by atoms with van der Waals surface area (Å²) >= 11 is 0. The molecule has 0 saturated heterocycles. The number of ketones is 2. The summed E-state index contributed by atoms with van der Waals surface area (Å²) < 4.78 is 0. The predicted octanol–water partition coefficient (Wildman–Crippen LogP) is 2.44. The van der Waals surface area contributed by atoms with Gasteiger partial charge in [-0.05, 0) is 26.2 Å². The zero-order valence-electron chi connectivity index (χ0n) is 9.99. The molecule has 1 aliphatic carbocycles. The third-order valence-electron chi connectivity index (χ3n) is 2.82. The molecular weight excluding hydrogens is 265 g/mol. The quantitative estimate of drug-likeness (QED) is 0.576. The van der Waals surface area contributed by atoms with Crippen LogP contribution in [0.2, 0.25) is 0 Å². The van der Waals surface area contributed by atoms with E-state index in [1.165, 1.54) is 0 Å². The van der Waals surface area contributed by atoms with Crippen LogP contribution in [-0.2, 0) is 42.3 Å². The Kier molecular flexibility index (Phi) is 8.74. The van der Waals surface area contributed by atoms with Crippen LogP contribution in [0.25, 0.3) is 0 Å². The summed E-state index contributed by atoms with van der Waals surface area (Å²) in [4.78, 5) is 22.6. The molecule has 1 aliphatic rings. The third kappa shape index (κ3) is 4.28. The molecule has 0 amide bonds. The van der Waals surface area contributed by atoms with Gasteiger partial charge in [0.25, 0.3) is 0 Å². The molecule has 83 valence electrons. The largest absolute Gasteiger partial charge is 0.358 e. The van der Waals surface area contributed by atoms with E-state index in [9.17, 15) is 9.59 Å². The Balaban J connectivity index is 0. The second-order valence-electron chi connectivity index (χ2n) is 3.88. The minimum atomic E-state index is -0.0949. The van der Waals surface area contributed by atoms with Crippen LogP contribution >= 0.6 is 0 Å². The standard InChI is InChI=1S/C11H16O2.CH3.Y/c1-7-5-4-6-10(8(2)12)11(7)9(3)13;;/h4-5,7,10-11H,6H2,1-3H3;1H3;/q;-1;. The van der Waals surface area contributed by atoms with Crippen molar-refractivity contribution in [1.29, 1.82) is 0 Å². The molecule has 0 heterocycles. The minimum absolute atomic E-state index is 0. The van der Waals surface area contributed by atoms with Crippen LogP contribution in [0.15, 0.2) is 12.2 Å². The minimum Gasteiger partial charge on any atom is -0.358 e. The number of Topliss-reactive ketones (excluding diaryl/α,β-unsaturated/α-hetero) is 2. The van der Waals surface area contributed by atoms with Crippen molar-refractivity contribution in [2.45, 2.75) is 27.2 Å². The zero-order chi connectivity index (χ0) is 10.0. The van der Waals surface area contributed by atoms with Crippen LogP contribution in [0.4, 0.5) is 0 Å². The van der Waals surface area contributed by atoms with Crippen molar-refractivity contribution >= 4 is 11.6 Å². The second kappa shape index (κ2) is 7.46. The molecule has 2 nitrogen and oxygen atoms in total. The second-order valence-corrected chi connectivity index (χ2v) is 3.88. The van der Waals surface area contributed by atoms with E-state index in [4.69, 9.17) is 0 Å². The van der Waals surface area contributed by atoms with Crippen molar-refractivity contribution in [3.63, 3.8) is 0 Å². The maximum absolute atomic E-state index is 11.3. The summed E-state index contributed by atoms with van der Waals surface area (Å²) in [6, 6.07) is 0. The Labute approximate surface area is 118 Å². The van der Waals surface area contributed by atoms with Crippen molar-refractivity contribution < 1.29 is 42.3 Å². The van der Waals surface area contributed by atoms with Crippen LogP contribution in [0.5, 0.6) is 0 Å². The smallest absolute Gasteiger partial charge is 0.134 e. The van der Waals surface area contributed by atoms with E-state index < -0.39 is 0 Å². The molecule has 3 heteroatoms. The first-order chi connectivity index (χ1) is 6.04. The topological polar surface area (TPSA) is 34.1 Å². The number of hydrogen-bond donors (Lipinski definition) is 0. The first kappa shape index (κ1) is 17.6. The van der Waals surface area contributed by atoms with Crippen LogP contribution in [0, 0.1) is 25.2 Å². The SMILES string of the molecule is CC(=O)C1CC=CC(C)C1C(C)=O.[CH3-].[Y]. The molecule has 0 bridgehead atoms. The van der Waals surface area contributed by atoms with Crippen molar-refractivity contribution in [2.24, 2.45) is 17.8 Å². The number of allylic oxidation sites excluding steroid dienone is 2. The summed E-state index contributed by atoms with van der Waals surface area (Å²) in [5.74, 6) is 0.300. The van der Waals surface area contributed by atoms with Crippen LogP contribution in [0.3, 0.4) is 0 Å². The van der Waals surface area contributed by atoms with Gasteiger partial charge in [0, 0.05) is 44.5 Å². The van der Waals surface area contributed by atoms with E-state index in [-0.39, 0.29) is 69.5 Å². The first-order valence-electron chi connectivity index (χ1n) is 4.71. The Morgan fingerprint density at radius 2 is 1.73 bits per heavy atom. The molecule has 0 fully saturated rings. The van der Waals surface area contributed by atoms with Crippen LogP contribution < -0.4 is 0 Å². The van der Waals surface area contributed by atoms with Gasteiger partial charge in [-0.2, -0.15) is 0 Å². The Hall–Kier alpha value is 0.184. The van der Waals surface area contributed by atoms with Crippen LogP contribution in [0.1, 0.15) is 27.2 Å². The molecule has 0 aromatic heterocycles. The monoisotopic (exact) mass is 284 g/mol. The molecule has 0 aromatic rings. The molecule has 1 rings (SSSR count). The van der Waals surface area contributed by atoms with Gasteiger partial charge < -0.3 is 7.43 Å². The molecule has 0 aliphatic heterocycles. The van der Waals surface area contributed by atoms with Crippen molar-refractivity contribution in [3.8, 4) is 0 Å². The Bertz CT molecular complexity index is 258. The van der Waals surface area contributed by atoms with E-state index >= 15 is 0 Å². The molecule has 15 heavy (non-hydrogen) atoms. The fraction of sp³-hybridized carbons (Fsp3) is 0.583. The Morgan fingerprint density at radius 1 is 1.20 bits per heavy atom. The van der Waals surface area contributed by atoms with Gasteiger partial charge in [-0.25, -0.2) is 0 Å². The van der Waals surface area contributed by atoms with E-state index in [1.54, 1.807) is 13.8 Å². The van der Waals surface area contributed by atoms with Gasteiger partial charge in [0.1, 0.15) is 11.6 Å². The number of rotatable bonds is 2. The van der Waals surface area contributed by atoms with E-state index in [2.05, 4.69) is 0 Å². The fourth-order valence-electron chi connectivity index (χ4n) is 2.14. The average molecular weight is 284 g/mol. The van der Waals surface area contributed by atoms with Crippen molar-refractivity contribution in [2.75, 3.05) is 0 Å². The molecule has 0 spiro atoms. The van der Waals surface area contributed by atoms with E-state index in [1.807, 2.05) is 19.1 Å². The fourth-order valence-corrected chi connectivity index (χ4v) is 2.14. The summed E-state index contributed by atoms with van der Waals surface area (Å²) in [7, 11) is 0. The van der Waals surface area contributed by atoms with Gasteiger partial charge in [-0.15, -0.1) is 0 Å². The third-order valence-corrected chi connectivity index (χ3v) is 2.82. The summed E-state index contributed by atoms with van der Waals surface area (Å²) in [5.41, 5.74) is 0. The van der Waals surface area contributed by atoms with Gasteiger partial charge in [0.15, 0.2) is 0 Å². The molecular formula is C12H19O2Y-. The van der Waals surface area contributed by atoms with Crippen molar-refractivity contribution in [3.05, 3.63) is 19.6 Å². The zero-order valence-corrected chi connectivity index (χ0v) is 12.8. The summed E-state index contributed by atoms with van der Waals surface area (Å²) in [6.07, 6.45) is 4.77. The Morgan fingerprint density at radius 3 is 2.07 bits per heavy atom. The van der Waals surface area contributed by atoms with Gasteiger partial charge in [0.2, 0.25) is 0 Å². The molecule has 0 saturated carbocycles. The van der Waals surface area contributed by atoms with Gasteiger partial charge in [0.05, 0.1) is 0 Å². The first-order valence-corrected chi connectivity index (χ1v) is 4.71. The molecule has 0 aromatic carbocycles. The van der Waals surface area contributed by atoms with Crippen molar-refractivity contribution in [1.82, 2.24) is 0 Å². The molecule has 0 N–H and O–H groups in total. The number of hydrogen-bond acceptors (Lipinski definition) is 2. The molecule has 3 unspecified atom stereocenters. The van der Waals surface area contributed by atoms with Gasteiger partial charge in [-0.3, -0.25) is 9.59 Å².